The van der Waals surface area contributed by atoms with E-state index >= 15 is 0 Å². The number of nitrogens with one attached hydrogen (secondary N) is 1. The van der Waals surface area contributed by atoms with Gasteiger partial charge in [-0.2, -0.15) is 0 Å². The summed E-state index contributed by atoms with van der Waals surface area (Å²) in [6.07, 6.45) is 1.08. The Labute approximate surface area is 197 Å². The van der Waals surface area contributed by atoms with E-state index in [1.807, 2.05) is 60.7 Å². The van der Waals surface area contributed by atoms with Gasteiger partial charge in [-0.3, -0.25) is 14.5 Å². The Morgan fingerprint density at radius 3 is 2.50 bits per heavy atom. The summed E-state index contributed by atoms with van der Waals surface area (Å²) in [6.45, 7) is 1.71. The lowest BCUT2D eigenvalue weighted by molar-refractivity contribution is -0.117. The molecule has 0 unspecified atom stereocenters. The molecule has 6 heteroatoms. The summed E-state index contributed by atoms with van der Waals surface area (Å²) in [5, 5.41) is 3.54. The zero-order chi connectivity index (χ0) is 23.2. The highest BCUT2D eigenvalue weighted by molar-refractivity contribution is 6.06. The Morgan fingerprint density at radius 2 is 1.68 bits per heavy atom. The van der Waals surface area contributed by atoms with E-state index in [-0.39, 0.29) is 24.4 Å². The number of benzene rings is 3. The molecule has 0 radical (unpaired) electrons. The van der Waals surface area contributed by atoms with Crippen LogP contribution in [0.15, 0.2) is 84.1 Å². The van der Waals surface area contributed by atoms with Crippen LogP contribution in [0.3, 0.4) is 0 Å². The first kappa shape index (κ1) is 20.5. The fraction of sp³-hybridized carbons (Fsp3) is 0.214. The van der Waals surface area contributed by atoms with E-state index in [2.05, 4.69) is 17.4 Å². The molecule has 6 nitrogen and oxygen atoms in total. The summed E-state index contributed by atoms with van der Waals surface area (Å²) in [6, 6.07) is 22.9. The molecular weight excluding hydrogens is 428 g/mol. The van der Waals surface area contributed by atoms with Crippen LogP contribution in [0.1, 0.15) is 42.9 Å². The van der Waals surface area contributed by atoms with Gasteiger partial charge in [-0.1, -0.05) is 48.5 Å². The van der Waals surface area contributed by atoms with Crippen LogP contribution in [-0.4, -0.2) is 18.5 Å². The minimum absolute atomic E-state index is 0.0457. The molecule has 3 aromatic carbocycles. The van der Waals surface area contributed by atoms with Crippen molar-refractivity contribution < 1.29 is 19.1 Å². The maximum absolute atomic E-state index is 13.8. The number of anilines is 2. The molecule has 3 aromatic rings. The number of rotatable bonds is 2. The molecule has 34 heavy (non-hydrogen) atoms. The first-order valence-electron chi connectivity index (χ1n) is 11.5. The van der Waals surface area contributed by atoms with E-state index in [4.69, 9.17) is 9.47 Å². The number of para-hydroxylation sites is 2. The topological polar surface area (TPSA) is 67.9 Å². The third-order valence-electron chi connectivity index (χ3n) is 6.81. The van der Waals surface area contributed by atoms with Gasteiger partial charge in [0.2, 0.25) is 12.7 Å². The van der Waals surface area contributed by atoms with Crippen molar-refractivity contribution in [2.75, 3.05) is 17.0 Å². The Hall–Kier alpha value is -4.06. The van der Waals surface area contributed by atoms with Gasteiger partial charge < -0.3 is 14.8 Å². The third-order valence-corrected chi connectivity index (χ3v) is 6.81. The zero-order valence-corrected chi connectivity index (χ0v) is 18.8. The summed E-state index contributed by atoms with van der Waals surface area (Å²) >= 11 is 0. The minimum atomic E-state index is -0.567. The van der Waals surface area contributed by atoms with Gasteiger partial charge in [-0.15, -0.1) is 0 Å². The van der Waals surface area contributed by atoms with Gasteiger partial charge in [0.1, 0.15) is 0 Å². The molecule has 1 amide bonds. The van der Waals surface area contributed by atoms with Crippen LogP contribution < -0.4 is 19.7 Å². The second kappa shape index (κ2) is 8.06. The standard InChI is InChI=1S/C28H24N2O4/c1-17(31)30-23-10-6-5-9-21(23)29-22-13-20(18-7-3-2-4-8-18)14-24(32)27(22)28(30)19-11-12-25-26(15-19)34-16-33-25/h2-12,15,20,28-29H,13-14,16H2,1H3/t20-,28+/m0/s1. The molecule has 1 aliphatic carbocycles. The number of amides is 1. The number of allylic oxidation sites excluding steroid dienone is 1. The monoisotopic (exact) mass is 452 g/mol. The minimum Gasteiger partial charge on any atom is -0.454 e. The number of nitrogens with zero attached hydrogens (tertiary/aromatic N) is 1. The van der Waals surface area contributed by atoms with Crippen molar-refractivity contribution in [1.82, 2.24) is 0 Å². The van der Waals surface area contributed by atoms with Gasteiger partial charge >= 0.3 is 0 Å². The molecule has 0 fully saturated rings. The molecule has 0 bridgehead atoms. The summed E-state index contributed by atoms with van der Waals surface area (Å²) in [5.41, 5.74) is 5.02. The predicted octanol–water partition coefficient (Wildman–Crippen LogP) is 5.34. The quantitative estimate of drug-likeness (QED) is 0.569. The first-order valence-corrected chi connectivity index (χ1v) is 11.5. The molecule has 170 valence electrons. The summed E-state index contributed by atoms with van der Waals surface area (Å²) in [7, 11) is 0. The molecule has 3 aliphatic rings. The van der Waals surface area contributed by atoms with Crippen molar-refractivity contribution in [2.45, 2.75) is 31.7 Å². The van der Waals surface area contributed by atoms with Crippen LogP contribution in [0.2, 0.25) is 0 Å². The molecule has 1 N–H and O–H groups in total. The fourth-order valence-electron chi connectivity index (χ4n) is 5.30. The third kappa shape index (κ3) is 3.34. The summed E-state index contributed by atoms with van der Waals surface area (Å²) < 4.78 is 11.1. The maximum Gasteiger partial charge on any atom is 0.231 e. The van der Waals surface area contributed by atoms with Crippen LogP contribution in [-0.2, 0) is 9.59 Å². The summed E-state index contributed by atoms with van der Waals surface area (Å²) in [4.78, 5) is 28.6. The Kier molecular flexibility index (Phi) is 4.87. The number of Topliss-reactive ketones (excluding diaryl/α,β-unsaturated/α-hetero) is 1. The number of carbonyl (C=O) groups excluding carboxylic acids is 2. The lowest BCUT2D eigenvalue weighted by Gasteiger charge is -2.34. The van der Waals surface area contributed by atoms with Gasteiger partial charge in [0.15, 0.2) is 17.3 Å². The van der Waals surface area contributed by atoms with Crippen molar-refractivity contribution in [3.8, 4) is 11.5 Å². The summed E-state index contributed by atoms with van der Waals surface area (Å²) in [5.74, 6) is 1.28. The van der Waals surface area contributed by atoms with E-state index in [1.165, 1.54) is 0 Å². The van der Waals surface area contributed by atoms with E-state index in [0.29, 0.717) is 29.9 Å². The Morgan fingerprint density at radius 1 is 0.912 bits per heavy atom. The lowest BCUT2D eigenvalue weighted by atomic mass is 9.78. The van der Waals surface area contributed by atoms with Gasteiger partial charge in [-0.05, 0) is 47.7 Å². The van der Waals surface area contributed by atoms with E-state index in [9.17, 15) is 9.59 Å². The molecule has 2 aliphatic heterocycles. The van der Waals surface area contributed by atoms with Gasteiger partial charge in [0.05, 0.1) is 17.4 Å². The average molecular weight is 453 g/mol. The molecule has 0 saturated carbocycles. The highest BCUT2D eigenvalue weighted by Crippen LogP contribution is 2.48. The molecule has 2 heterocycles. The number of carbonyl (C=O) groups is 2. The molecule has 0 spiro atoms. The van der Waals surface area contributed by atoms with Gasteiger partial charge in [-0.25, -0.2) is 0 Å². The van der Waals surface area contributed by atoms with Crippen LogP contribution in [0, 0.1) is 0 Å². The maximum atomic E-state index is 13.8. The van der Waals surface area contributed by atoms with Crippen LogP contribution in [0.4, 0.5) is 11.4 Å². The number of ether oxygens (including phenoxy) is 2. The Bertz CT molecular complexity index is 1330. The molecule has 0 saturated heterocycles. The molecule has 6 rings (SSSR count). The van der Waals surface area contributed by atoms with Crippen molar-refractivity contribution in [3.63, 3.8) is 0 Å². The second-order valence-corrected chi connectivity index (χ2v) is 8.88. The van der Waals surface area contributed by atoms with Crippen molar-refractivity contribution >= 4 is 23.1 Å². The van der Waals surface area contributed by atoms with Crippen molar-refractivity contribution in [3.05, 3.63) is 95.2 Å². The lowest BCUT2D eigenvalue weighted by Crippen LogP contribution is -2.37. The largest absolute Gasteiger partial charge is 0.454 e. The number of hydrogen-bond donors (Lipinski definition) is 1. The van der Waals surface area contributed by atoms with Gasteiger partial charge in [0, 0.05) is 24.6 Å². The van der Waals surface area contributed by atoms with Crippen LogP contribution in [0.25, 0.3) is 0 Å². The van der Waals surface area contributed by atoms with Crippen LogP contribution in [0.5, 0.6) is 11.5 Å². The SMILES string of the molecule is CC(=O)N1c2ccccc2NC2=C(C(=O)C[C@@H](c3ccccc3)C2)[C@H]1c1ccc2c(c1)OCO2. The van der Waals surface area contributed by atoms with E-state index < -0.39 is 6.04 Å². The zero-order valence-electron chi connectivity index (χ0n) is 18.8. The average Bonchev–Trinajstić information content (AvgIpc) is 3.26. The first-order chi connectivity index (χ1) is 16.6. The highest BCUT2D eigenvalue weighted by atomic mass is 16.7. The molecule has 0 aromatic heterocycles. The number of ketones is 1. The van der Waals surface area contributed by atoms with Crippen molar-refractivity contribution in [2.24, 2.45) is 0 Å². The number of fused-ring (bicyclic) bond motifs is 2. The predicted molar refractivity (Wildman–Crippen MR) is 129 cm³/mol. The number of hydrogen-bond acceptors (Lipinski definition) is 5. The van der Waals surface area contributed by atoms with E-state index in [1.54, 1.807) is 11.8 Å². The van der Waals surface area contributed by atoms with E-state index in [0.717, 1.165) is 28.2 Å². The van der Waals surface area contributed by atoms with Gasteiger partial charge in [0.25, 0.3) is 0 Å². The second-order valence-electron chi connectivity index (χ2n) is 8.88. The van der Waals surface area contributed by atoms with Crippen LogP contribution >= 0.6 is 0 Å². The fourth-order valence-corrected chi connectivity index (χ4v) is 5.30. The van der Waals surface area contributed by atoms with Crippen molar-refractivity contribution in [1.29, 1.82) is 0 Å². The smallest absolute Gasteiger partial charge is 0.231 e. The normalized spacial score (nSPS) is 20.9. The molecule has 2 atom stereocenters. The Balaban J connectivity index is 1.54. The molecular formula is C28H24N2O4. The highest BCUT2D eigenvalue weighted by Gasteiger charge is 2.41.